The Hall–Kier alpha value is -2.11. The van der Waals surface area contributed by atoms with Gasteiger partial charge < -0.3 is 15.0 Å². The van der Waals surface area contributed by atoms with Gasteiger partial charge in [-0.2, -0.15) is 0 Å². The maximum absolute atomic E-state index is 12.9. The molecule has 0 aliphatic carbocycles. The van der Waals surface area contributed by atoms with Gasteiger partial charge in [0.15, 0.2) is 0 Å². The van der Waals surface area contributed by atoms with Gasteiger partial charge in [0.05, 0.1) is 28.7 Å². The Labute approximate surface area is 157 Å². The van der Waals surface area contributed by atoms with E-state index in [1.807, 2.05) is 32.0 Å². The van der Waals surface area contributed by atoms with E-state index in [9.17, 15) is 4.79 Å². The zero-order valence-electron chi connectivity index (χ0n) is 15.5. The highest BCUT2D eigenvalue weighted by atomic mass is 35.5. The second-order valence-electron chi connectivity index (χ2n) is 7.14. The van der Waals surface area contributed by atoms with Crippen molar-refractivity contribution in [1.29, 1.82) is 0 Å². The molecule has 0 radical (unpaired) electrons. The van der Waals surface area contributed by atoms with Gasteiger partial charge >= 0.3 is 0 Å². The molecular formula is C20H24ClN3O2. The number of ether oxygens (including phenoxy) is 1. The van der Waals surface area contributed by atoms with Crippen LogP contribution in [0.25, 0.3) is 21.7 Å². The molecule has 0 saturated heterocycles. The molecule has 3 aromatic rings. The van der Waals surface area contributed by atoms with Crippen LogP contribution < -0.4 is 16.0 Å². The maximum atomic E-state index is 12.9. The van der Waals surface area contributed by atoms with Crippen LogP contribution in [0.2, 0.25) is 5.02 Å². The lowest BCUT2D eigenvalue weighted by Crippen LogP contribution is -2.22. The average molecular weight is 374 g/mol. The zero-order valence-corrected chi connectivity index (χ0v) is 16.3. The van der Waals surface area contributed by atoms with Crippen molar-refractivity contribution in [1.82, 2.24) is 9.55 Å². The van der Waals surface area contributed by atoms with Gasteiger partial charge in [-0.1, -0.05) is 18.5 Å². The monoisotopic (exact) mass is 373 g/mol. The van der Waals surface area contributed by atoms with Crippen molar-refractivity contribution < 1.29 is 4.74 Å². The SMILES string of the molecule is Cc1cc2c3ccc(OCC(C)CC(C)N)c(Cl)c3c(=O)n(C)c2cn1. The van der Waals surface area contributed by atoms with Gasteiger partial charge in [0.2, 0.25) is 0 Å². The Kier molecular flexibility index (Phi) is 5.21. The van der Waals surface area contributed by atoms with E-state index in [1.54, 1.807) is 17.8 Å². The standard InChI is InChI=1S/C20H24ClN3O2/c1-11(7-12(2)22)10-26-17-6-5-14-15-8-13(3)23-9-16(15)24(4)20(25)18(14)19(17)21/h5-6,8-9,11-12H,7,10,22H2,1-4H3. The van der Waals surface area contributed by atoms with Crippen LogP contribution in [0.5, 0.6) is 5.75 Å². The summed E-state index contributed by atoms with van der Waals surface area (Å²) in [6.45, 7) is 6.49. The van der Waals surface area contributed by atoms with E-state index in [0.717, 1.165) is 28.4 Å². The minimum atomic E-state index is -0.155. The van der Waals surface area contributed by atoms with Crippen molar-refractivity contribution in [2.75, 3.05) is 6.61 Å². The van der Waals surface area contributed by atoms with Crippen molar-refractivity contribution in [2.24, 2.45) is 18.7 Å². The molecular weight excluding hydrogens is 350 g/mol. The van der Waals surface area contributed by atoms with Gasteiger partial charge in [0.25, 0.3) is 5.56 Å². The smallest absolute Gasteiger partial charge is 0.260 e. The van der Waals surface area contributed by atoms with Gasteiger partial charge in [-0.3, -0.25) is 9.78 Å². The molecule has 0 aliphatic rings. The third-order valence-electron chi connectivity index (χ3n) is 4.59. The Balaban J connectivity index is 2.10. The van der Waals surface area contributed by atoms with Gasteiger partial charge in [-0.05, 0) is 49.8 Å². The molecule has 0 aliphatic heterocycles. The van der Waals surface area contributed by atoms with Crippen LogP contribution >= 0.6 is 11.6 Å². The fraction of sp³-hybridized carbons (Fsp3) is 0.400. The van der Waals surface area contributed by atoms with Gasteiger partial charge in [-0.25, -0.2) is 0 Å². The molecule has 2 aromatic heterocycles. The minimum absolute atomic E-state index is 0.121. The number of nitrogens with zero attached hydrogens (tertiary/aromatic N) is 2. The lowest BCUT2D eigenvalue weighted by molar-refractivity contribution is 0.247. The summed E-state index contributed by atoms with van der Waals surface area (Å²) in [5, 5.41) is 2.60. The lowest BCUT2D eigenvalue weighted by Gasteiger charge is -2.17. The first kappa shape index (κ1) is 18.7. The highest BCUT2D eigenvalue weighted by Gasteiger charge is 2.16. The molecule has 0 bridgehead atoms. The van der Waals surface area contributed by atoms with E-state index in [4.69, 9.17) is 22.1 Å². The average Bonchev–Trinajstić information content (AvgIpc) is 2.57. The van der Waals surface area contributed by atoms with Crippen LogP contribution in [0.15, 0.2) is 29.2 Å². The van der Waals surface area contributed by atoms with E-state index >= 15 is 0 Å². The van der Waals surface area contributed by atoms with Gasteiger partial charge in [0.1, 0.15) is 5.75 Å². The van der Waals surface area contributed by atoms with Gasteiger partial charge in [-0.15, -0.1) is 0 Å². The highest BCUT2D eigenvalue weighted by molar-refractivity contribution is 6.37. The molecule has 1 aromatic carbocycles. The molecule has 3 rings (SSSR count). The Morgan fingerprint density at radius 3 is 2.73 bits per heavy atom. The fourth-order valence-corrected chi connectivity index (χ4v) is 3.65. The molecule has 2 heterocycles. The summed E-state index contributed by atoms with van der Waals surface area (Å²) in [5.41, 5.74) is 7.35. The van der Waals surface area contributed by atoms with E-state index in [0.29, 0.717) is 28.7 Å². The van der Waals surface area contributed by atoms with Crippen LogP contribution in [-0.2, 0) is 7.05 Å². The maximum Gasteiger partial charge on any atom is 0.260 e. The second kappa shape index (κ2) is 7.25. The summed E-state index contributed by atoms with van der Waals surface area (Å²) in [6.07, 6.45) is 2.59. The van der Waals surface area contributed by atoms with Crippen LogP contribution in [-0.4, -0.2) is 22.2 Å². The summed E-state index contributed by atoms with van der Waals surface area (Å²) < 4.78 is 7.47. The number of hydrogen-bond acceptors (Lipinski definition) is 4. The fourth-order valence-electron chi connectivity index (χ4n) is 3.35. The number of pyridine rings is 2. The molecule has 0 spiro atoms. The van der Waals surface area contributed by atoms with E-state index in [2.05, 4.69) is 11.9 Å². The second-order valence-corrected chi connectivity index (χ2v) is 7.51. The Bertz CT molecular complexity index is 1030. The number of hydrogen-bond donors (Lipinski definition) is 1. The number of benzene rings is 1. The number of halogens is 1. The van der Waals surface area contributed by atoms with Crippen molar-refractivity contribution in [3.8, 4) is 5.75 Å². The molecule has 2 unspecified atom stereocenters. The van der Waals surface area contributed by atoms with Crippen molar-refractivity contribution in [3.63, 3.8) is 0 Å². The molecule has 138 valence electrons. The molecule has 0 fully saturated rings. The van der Waals surface area contributed by atoms with Crippen molar-refractivity contribution in [3.05, 3.63) is 45.5 Å². The third-order valence-corrected chi connectivity index (χ3v) is 4.97. The van der Waals surface area contributed by atoms with Crippen LogP contribution in [0.1, 0.15) is 26.0 Å². The number of aryl methyl sites for hydroxylation is 2. The molecule has 2 N–H and O–H groups in total. The summed E-state index contributed by atoms with van der Waals surface area (Å²) >= 11 is 6.57. The van der Waals surface area contributed by atoms with Crippen LogP contribution in [0, 0.1) is 12.8 Å². The summed E-state index contributed by atoms with van der Waals surface area (Å²) in [5.74, 6) is 0.827. The Morgan fingerprint density at radius 2 is 2.04 bits per heavy atom. The predicted octanol–water partition coefficient (Wildman–Crippen LogP) is 3.80. The number of aromatic nitrogens is 2. The first-order valence-electron chi connectivity index (χ1n) is 8.75. The first-order chi connectivity index (χ1) is 12.3. The molecule has 2 atom stereocenters. The quantitative estimate of drug-likeness (QED) is 0.690. The van der Waals surface area contributed by atoms with Gasteiger partial charge in [0, 0.05) is 24.2 Å². The number of rotatable bonds is 5. The van der Waals surface area contributed by atoms with Crippen LogP contribution in [0.4, 0.5) is 0 Å². The van der Waals surface area contributed by atoms with Crippen molar-refractivity contribution >= 4 is 33.3 Å². The molecule has 5 nitrogen and oxygen atoms in total. The van der Waals surface area contributed by atoms with Crippen molar-refractivity contribution in [2.45, 2.75) is 33.2 Å². The third kappa shape index (κ3) is 3.41. The normalized spacial score (nSPS) is 13.9. The Morgan fingerprint density at radius 1 is 1.31 bits per heavy atom. The van der Waals surface area contributed by atoms with Crippen LogP contribution in [0.3, 0.4) is 0 Å². The first-order valence-corrected chi connectivity index (χ1v) is 9.13. The number of nitrogens with two attached hydrogens (primary N) is 1. The summed E-state index contributed by atoms with van der Waals surface area (Å²) in [7, 11) is 1.73. The summed E-state index contributed by atoms with van der Waals surface area (Å²) in [4.78, 5) is 17.2. The van der Waals surface area contributed by atoms with E-state index < -0.39 is 0 Å². The minimum Gasteiger partial charge on any atom is -0.492 e. The lowest BCUT2D eigenvalue weighted by atomic mass is 10.0. The molecule has 6 heteroatoms. The molecule has 0 amide bonds. The van der Waals surface area contributed by atoms with E-state index in [1.165, 1.54) is 0 Å². The topological polar surface area (TPSA) is 70.1 Å². The highest BCUT2D eigenvalue weighted by Crippen LogP contribution is 2.34. The molecule has 0 saturated carbocycles. The largest absolute Gasteiger partial charge is 0.492 e. The van der Waals surface area contributed by atoms with E-state index in [-0.39, 0.29) is 11.6 Å². The molecule has 26 heavy (non-hydrogen) atoms. The predicted molar refractivity (Wildman–Crippen MR) is 107 cm³/mol. The summed E-state index contributed by atoms with van der Waals surface area (Å²) in [6, 6.07) is 5.82. The number of fused-ring (bicyclic) bond motifs is 3. The zero-order chi connectivity index (χ0) is 19.0.